The highest BCUT2D eigenvalue weighted by molar-refractivity contribution is 7.45. The van der Waals surface area contributed by atoms with Gasteiger partial charge in [-0.15, -0.1) is 0 Å². The number of phosphoric ester groups is 1. The quantitative estimate of drug-likeness (QED) is 0.0212. The number of hydrogen-bond donors (Lipinski definition) is 1. The molecule has 0 rings (SSSR count). The van der Waals surface area contributed by atoms with E-state index in [1.807, 2.05) is 33.3 Å². The third-order valence-electron chi connectivity index (χ3n) is 13.1. The summed E-state index contributed by atoms with van der Waals surface area (Å²) in [4.78, 5) is 40.0. The average Bonchev–Trinajstić information content (AvgIpc) is 3.41. The molecule has 0 spiro atoms. The smallest absolute Gasteiger partial charge is 0.306 e. The molecule has 0 aromatic rings. The van der Waals surface area contributed by atoms with E-state index in [-0.39, 0.29) is 31.3 Å². The van der Waals surface area contributed by atoms with Crippen LogP contribution in [0.15, 0.2) is 134 Å². The van der Waals surface area contributed by atoms with Crippen molar-refractivity contribution in [2.24, 2.45) is 0 Å². The van der Waals surface area contributed by atoms with E-state index in [0.717, 1.165) is 148 Å². The molecule has 0 fully saturated rings. The largest absolute Gasteiger partial charge is 0.756 e. The van der Waals surface area contributed by atoms with Crippen molar-refractivity contribution in [1.82, 2.24) is 5.32 Å². The fourth-order valence-corrected chi connectivity index (χ4v) is 9.00. The van der Waals surface area contributed by atoms with Gasteiger partial charge in [-0.05, 0) is 122 Å². The summed E-state index contributed by atoms with van der Waals surface area (Å²) in [6, 6.07) is -0.917. The number of allylic oxidation sites excluding steroid dienone is 21. The van der Waals surface area contributed by atoms with Gasteiger partial charge in [-0.1, -0.05) is 238 Å². The second-order valence-corrected chi connectivity index (χ2v) is 23.2. The first kappa shape index (κ1) is 75.2. The van der Waals surface area contributed by atoms with Crippen molar-refractivity contribution in [2.75, 3.05) is 40.9 Å². The van der Waals surface area contributed by atoms with E-state index in [0.29, 0.717) is 23.9 Å². The number of phosphoric acid groups is 1. The molecule has 0 aliphatic carbocycles. The van der Waals surface area contributed by atoms with Crippen LogP contribution in [-0.4, -0.2) is 69.4 Å². The zero-order valence-electron chi connectivity index (χ0n) is 51.3. The van der Waals surface area contributed by atoms with E-state index in [2.05, 4.69) is 148 Å². The molecule has 0 aromatic carbocycles. The van der Waals surface area contributed by atoms with Gasteiger partial charge in [0.1, 0.15) is 19.3 Å². The summed E-state index contributed by atoms with van der Waals surface area (Å²) in [6.07, 6.45) is 81.3. The van der Waals surface area contributed by atoms with Gasteiger partial charge in [-0.2, -0.15) is 0 Å². The highest BCUT2D eigenvalue weighted by Gasteiger charge is 2.27. The van der Waals surface area contributed by atoms with E-state index in [1.54, 1.807) is 0 Å². The Hall–Kier alpha value is -3.85. The number of carbonyl (C=O) groups is 2. The molecule has 0 saturated heterocycles. The minimum absolute atomic E-state index is 0.0376. The lowest BCUT2D eigenvalue weighted by Crippen LogP contribution is -2.47. The van der Waals surface area contributed by atoms with Crippen molar-refractivity contribution in [1.29, 1.82) is 0 Å². The topological polar surface area (TPSA) is 114 Å². The number of rotatable bonds is 55. The number of nitrogens with one attached hydrogen (secondary N) is 1. The highest BCUT2D eigenvalue weighted by Crippen LogP contribution is 2.38. The van der Waals surface area contributed by atoms with Crippen molar-refractivity contribution in [3.05, 3.63) is 134 Å². The number of unbranched alkanes of at least 4 members (excludes halogenated alkanes) is 19. The molecule has 1 N–H and O–H groups in total. The Labute approximate surface area is 485 Å². The zero-order chi connectivity index (χ0) is 57.9. The summed E-state index contributed by atoms with van der Waals surface area (Å²) in [5.74, 6) is -0.595. The van der Waals surface area contributed by atoms with Crippen LogP contribution in [0.4, 0.5) is 0 Å². The summed E-state index contributed by atoms with van der Waals surface area (Å²) >= 11 is 0. The van der Waals surface area contributed by atoms with E-state index < -0.39 is 26.6 Å². The van der Waals surface area contributed by atoms with Crippen molar-refractivity contribution < 1.29 is 37.3 Å². The van der Waals surface area contributed by atoms with Crippen LogP contribution in [0.3, 0.4) is 0 Å². The van der Waals surface area contributed by atoms with Crippen LogP contribution in [0, 0.1) is 0 Å². The Balaban J connectivity index is 5.29. The molecule has 0 bridgehead atoms. The van der Waals surface area contributed by atoms with Crippen LogP contribution in [0.1, 0.15) is 239 Å². The molecule has 0 saturated carbocycles. The fourth-order valence-electron chi connectivity index (χ4n) is 8.28. The number of hydrogen-bond acceptors (Lipinski definition) is 7. The van der Waals surface area contributed by atoms with Crippen LogP contribution in [0.5, 0.6) is 0 Å². The number of esters is 1. The van der Waals surface area contributed by atoms with E-state index >= 15 is 0 Å². The van der Waals surface area contributed by atoms with Crippen LogP contribution in [0.2, 0.25) is 0 Å². The Kier molecular flexibility index (Phi) is 54.6. The molecule has 0 heterocycles. The van der Waals surface area contributed by atoms with Crippen molar-refractivity contribution in [3.8, 4) is 0 Å². The first-order valence-electron chi connectivity index (χ1n) is 31.5. The molecular weight excluding hydrogens is 1000 g/mol. The van der Waals surface area contributed by atoms with Crippen LogP contribution in [-0.2, 0) is 27.9 Å². The molecule has 3 unspecified atom stereocenters. The third kappa shape index (κ3) is 58.6. The Morgan fingerprint density at radius 2 is 0.810 bits per heavy atom. The number of amides is 1. The molecular formula is C69H117N2O7P. The normalized spacial score (nSPS) is 14.6. The number of quaternary nitrogens is 1. The monoisotopic (exact) mass is 1120 g/mol. The SMILES string of the molecule is CC/C=C\C/C=C\C/C=C\C/C=C\C/C=C\CCCCCCCC(=O)NC(COP(=O)([O-])OCC[N+](C)(C)C)C(/C=C/CCCCCCCCCCC)OC(=O)CCCCCCC/C=C\C/C=C\C/C=C\C/C=C\C/C=C\CC. The standard InChI is InChI=1S/C69H117N2O7P/c1-7-10-13-16-19-22-25-27-29-31-33-35-37-39-41-43-46-49-52-55-58-61-68(72)70-66(65-77-79(74,75)76-64-63-71(4,5)6)67(60-57-54-51-48-45-24-21-18-15-12-9-3)78-69(73)62-59-56-53-50-47-44-42-40-38-36-34-32-30-28-26-23-20-17-14-11-8-2/h10-11,13-14,19-20,22-23,27-30,33-36,39-42,57,60,66-67H,7-9,12,15-18,21,24-26,31-32,37-38,43-56,58-59,61-65H2,1-6H3,(H-,70,72,74,75)/b13-10-,14-11-,22-19-,23-20-,29-27-,30-28-,35-33-,36-34-,41-39-,42-40-,60-57+. The summed E-state index contributed by atoms with van der Waals surface area (Å²) in [7, 11) is 1.14. The molecule has 3 atom stereocenters. The minimum atomic E-state index is -4.72. The van der Waals surface area contributed by atoms with Gasteiger partial charge >= 0.3 is 5.97 Å². The molecule has 0 aromatic heterocycles. The first-order valence-corrected chi connectivity index (χ1v) is 33.0. The van der Waals surface area contributed by atoms with E-state index in [9.17, 15) is 19.0 Å². The molecule has 9 nitrogen and oxygen atoms in total. The zero-order valence-corrected chi connectivity index (χ0v) is 52.2. The molecule has 0 aliphatic rings. The second kappa shape index (κ2) is 57.4. The van der Waals surface area contributed by atoms with E-state index in [1.165, 1.54) is 44.9 Å². The Bertz CT molecular complexity index is 1810. The van der Waals surface area contributed by atoms with Gasteiger partial charge in [0, 0.05) is 12.8 Å². The van der Waals surface area contributed by atoms with Crippen molar-refractivity contribution in [2.45, 2.75) is 251 Å². The highest BCUT2D eigenvalue weighted by atomic mass is 31.2. The summed E-state index contributed by atoms with van der Waals surface area (Å²) in [6.45, 7) is 6.56. The third-order valence-corrected chi connectivity index (χ3v) is 14.0. The number of carbonyl (C=O) groups excluding carboxylic acids is 2. The van der Waals surface area contributed by atoms with Crippen LogP contribution < -0.4 is 10.2 Å². The number of nitrogens with zero attached hydrogens (tertiary/aromatic N) is 1. The Morgan fingerprint density at radius 1 is 0.456 bits per heavy atom. The molecule has 1 amide bonds. The van der Waals surface area contributed by atoms with Gasteiger partial charge < -0.3 is 28.5 Å². The summed E-state index contributed by atoms with van der Waals surface area (Å²) in [5, 5.41) is 3.01. The lowest BCUT2D eigenvalue weighted by atomic mass is 10.1. The lowest BCUT2D eigenvalue weighted by Gasteiger charge is -2.30. The van der Waals surface area contributed by atoms with Crippen LogP contribution in [0.25, 0.3) is 0 Å². The average molecular weight is 1120 g/mol. The predicted molar refractivity (Wildman–Crippen MR) is 339 cm³/mol. The number of likely N-dealkylation sites (N-methyl/N-ethyl adjacent to an activating group) is 1. The Morgan fingerprint density at radius 3 is 1.22 bits per heavy atom. The minimum Gasteiger partial charge on any atom is -0.756 e. The van der Waals surface area contributed by atoms with Crippen molar-refractivity contribution >= 4 is 19.7 Å². The maximum Gasteiger partial charge on any atom is 0.306 e. The summed E-state index contributed by atoms with van der Waals surface area (Å²) < 4.78 is 30.3. The maximum atomic E-state index is 13.5. The van der Waals surface area contributed by atoms with Crippen molar-refractivity contribution in [3.63, 3.8) is 0 Å². The molecule has 79 heavy (non-hydrogen) atoms. The van der Waals surface area contributed by atoms with Gasteiger partial charge in [0.15, 0.2) is 0 Å². The van der Waals surface area contributed by atoms with Gasteiger partial charge in [-0.3, -0.25) is 14.2 Å². The van der Waals surface area contributed by atoms with Gasteiger partial charge in [-0.25, -0.2) is 0 Å². The predicted octanol–water partition coefficient (Wildman–Crippen LogP) is 19.0. The lowest BCUT2D eigenvalue weighted by molar-refractivity contribution is -0.870. The molecule has 10 heteroatoms. The first-order chi connectivity index (χ1) is 38.4. The molecule has 450 valence electrons. The molecule has 0 radical (unpaired) electrons. The number of ether oxygens (including phenoxy) is 1. The molecule has 0 aliphatic heterocycles. The van der Waals surface area contributed by atoms with Gasteiger partial charge in [0.2, 0.25) is 5.91 Å². The van der Waals surface area contributed by atoms with E-state index in [4.69, 9.17) is 13.8 Å². The van der Waals surface area contributed by atoms with Crippen LogP contribution >= 0.6 is 7.82 Å². The van der Waals surface area contributed by atoms with Gasteiger partial charge in [0.05, 0.1) is 33.8 Å². The maximum absolute atomic E-state index is 13.5. The van der Waals surface area contributed by atoms with Gasteiger partial charge in [0.25, 0.3) is 7.82 Å². The summed E-state index contributed by atoms with van der Waals surface area (Å²) in [5.41, 5.74) is 0. The fraction of sp³-hybridized carbons (Fsp3) is 0.652. The second-order valence-electron chi connectivity index (χ2n) is 21.8.